The van der Waals surface area contributed by atoms with Gasteiger partial charge in [-0.05, 0) is 43.1 Å². The minimum Gasteiger partial charge on any atom is -0.358 e. The van der Waals surface area contributed by atoms with Crippen LogP contribution in [0.25, 0.3) is 10.9 Å². The molecule has 1 unspecified atom stereocenters. The first-order valence-electron chi connectivity index (χ1n) is 6.22. The molecule has 0 saturated heterocycles. The Labute approximate surface area is 128 Å². The molecule has 106 valence electrons. The zero-order valence-corrected chi connectivity index (χ0v) is 13.1. The number of anilines is 1. The Hall–Kier alpha value is -2.17. The van der Waals surface area contributed by atoms with E-state index < -0.39 is 11.0 Å². The lowest BCUT2D eigenvalue weighted by atomic mass is 10.1. The SMILES string of the molecule is Cc1cc(S(=O)Nc2ccc(C)c3c(C#N)c[nH]c23)sn1. The molecule has 3 rings (SSSR count). The summed E-state index contributed by atoms with van der Waals surface area (Å²) in [5.41, 5.74) is 3.95. The van der Waals surface area contributed by atoms with E-state index in [-0.39, 0.29) is 0 Å². The number of hydrogen-bond acceptors (Lipinski definition) is 4. The van der Waals surface area contributed by atoms with Gasteiger partial charge in [0.15, 0.2) is 11.0 Å². The van der Waals surface area contributed by atoms with Crippen molar-refractivity contribution in [3.05, 3.63) is 41.2 Å². The Morgan fingerprint density at radius 3 is 2.90 bits per heavy atom. The number of rotatable bonds is 3. The van der Waals surface area contributed by atoms with E-state index in [2.05, 4.69) is 20.1 Å². The molecule has 0 aliphatic heterocycles. The molecule has 3 aromatic rings. The number of nitrogens with one attached hydrogen (secondary N) is 2. The third kappa shape index (κ3) is 2.44. The van der Waals surface area contributed by atoms with Crippen LogP contribution in [-0.4, -0.2) is 13.6 Å². The van der Waals surface area contributed by atoms with Gasteiger partial charge < -0.3 is 4.98 Å². The van der Waals surface area contributed by atoms with Gasteiger partial charge in [0, 0.05) is 11.6 Å². The predicted octanol–water partition coefficient (Wildman–Crippen LogP) is 3.25. The number of fused-ring (bicyclic) bond motifs is 1. The molecule has 0 aliphatic carbocycles. The zero-order valence-electron chi connectivity index (χ0n) is 11.4. The van der Waals surface area contributed by atoms with Gasteiger partial charge in [-0.2, -0.15) is 9.64 Å². The van der Waals surface area contributed by atoms with E-state index >= 15 is 0 Å². The van der Waals surface area contributed by atoms with Gasteiger partial charge in [-0.1, -0.05) is 6.07 Å². The van der Waals surface area contributed by atoms with Gasteiger partial charge in [0.05, 0.1) is 22.5 Å². The van der Waals surface area contributed by atoms with Gasteiger partial charge in [-0.25, -0.2) is 4.21 Å². The smallest absolute Gasteiger partial charge is 0.162 e. The van der Waals surface area contributed by atoms with Crippen LogP contribution in [-0.2, 0) is 11.0 Å². The topological polar surface area (TPSA) is 81.6 Å². The second-order valence-electron chi connectivity index (χ2n) is 4.65. The fourth-order valence-electron chi connectivity index (χ4n) is 2.17. The van der Waals surface area contributed by atoms with Gasteiger partial charge in [0.25, 0.3) is 0 Å². The molecule has 1 atom stereocenters. The van der Waals surface area contributed by atoms with Crippen LogP contribution in [0.2, 0.25) is 0 Å². The molecule has 0 fully saturated rings. The fourth-order valence-corrected chi connectivity index (χ4v) is 3.94. The molecule has 5 nitrogen and oxygen atoms in total. The highest BCUT2D eigenvalue weighted by molar-refractivity contribution is 7.88. The van der Waals surface area contributed by atoms with Crippen LogP contribution >= 0.6 is 11.5 Å². The lowest BCUT2D eigenvalue weighted by Crippen LogP contribution is -2.03. The summed E-state index contributed by atoms with van der Waals surface area (Å²) in [5.74, 6) is 0. The largest absolute Gasteiger partial charge is 0.358 e. The molecule has 0 radical (unpaired) electrons. The minimum atomic E-state index is -1.37. The van der Waals surface area contributed by atoms with Crippen molar-refractivity contribution in [2.45, 2.75) is 18.1 Å². The molecule has 2 heterocycles. The molecule has 1 aromatic carbocycles. The Morgan fingerprint density at radius 2 is 2.24 bits per heavy atom. The summed E-state index contributed by atoms with van der Waals surface area (Å²) in [6, 6.07) is 7.74. The van der Waals surface area contributed by atoms with Crippen molar-refractivity contribution < 1.29 is 4.21 Å². The molecule has 7 heteroatoms. The second-order valence-corrected chi connectivity index (χ2v) is 6.90. The molecule has 2 N–H and O–H groups in total. The number of H-pyrrole nitrogens is 1. The molecule has 0 spiro atoms. The highest BCUT2D eigenvalue weighted by Gasteiger charge is 2.13. The molecule has 0 bridgehead atoms. The molecule has 21 heavy (non-hydrogen) atoms. The van der Waals surface area contributed by atoms with Crippen LogP contribution in [0, 0.1) is 25.2 Å². The number of nitrogens with zero attached hydrogens (tertiary/aromatic N) is 2. The summed E-state index contributed by atoms with van der Waals surface area (Å²) >= 11 is 1.22. The summed E-state index contributed by atoms with van der Waals surface area (Å²) in [6.07, 6.45) is 1.67. The Morgan fingerprint density at radius 1 is 1.43 bits per heavy atom. The van der Waals surface area contributed by atoms with E-state index in [1.807, 2.05) is 26.0 Å². The summed E-state index contributed by atoms with van der Waals surface area (Å²) in [5, 5.41) is 10.0. The predicted molar refractivity (Wildman–Crippen MR) is 84.6 cm³/mol. The number of benzene rings is 1. The third-order valence-electron chi connectivity index (χ3n) is 3.16. The average Bonchev–Trinajstić information content (AvgIpc) is 3.08. The molecule has 0 amide bonds. The standard InChI is InChI=1S/C14H12N4OS2/c1-8-3-4-11(14-13(8)10(6-15)7-16-14)18-21(19)12-5-9(2)17-20-12/h3-5,7,16,18H,1-2H3. The van der Waals surface area contributed by atoms with Crippen LogP contribution in [0.1, 0.15) is 16.8 Å². The normalized spacial score (nSPS) is 12.2. The summed E-state index contributed by atoms with van der Waals surface area (Å²) in [6.45, 7) is 3.82. The monoisotopic (exact) mass is 316 g/mol. The highest BCUT2D eigenvalue weighted by atomic mass is 32.2. The van der Waals surface area contributed by atoms with Crippen LogP contribution in [0.15, 0.2) is 28.6 Å². The van der Waals surface area contributed by atoms with Crippen molar-refractivity contribution in [2.75, 3.05) is 4.72 Å². The lowest BCUT2D eigenvalue weighted by molar-refractivity contribution is 0.687. The molecule has 0 saturated carbocycles. The van der Waals surface area contributed by atoms with Gasteiger partial charge in [-0.15, -0.1) is 0 Å². The van der Waals surface area contributed by atoms with Crippen molar-refractivity contribution in [3.63, 3.8) is 0 Å². The summed E-state index contributed by atoms with van der Waals surface area (Å²) < 4.78 is 20.1. The van der Waals surface area contributed by atoms with Crippen molar-refractivity contribution in [3.8, 4) is 6.07 Å². The number of hydrogen-bond donors (Lipinski definition) is 2. The molecular formula is C14H12N4OS2. The number of nitriles is 1. The van der Waals surface area contributed by atoms with Gasteiger partial charge >= 0.3 is 0 Å². The summed E-state index contributed by atoms with van der Waals surface area (Å²) in [4.78, 5) is 3.08. The van der Waals surface area contributed by atoms with E-state index in [9.17, 15) is 4.21 Å². The van der Waals surface area contributed by atoms with Crippen LogP contribution in [0.3, 0.4) is 0 Å². The first-order chi connectivity index (χ1) is 10.1. The van der Waals surface area contributed by atoms with Crippen molar-refractivity contribution in [1.29, 1.82) is 5.26 Å². The van der Waals surface area contributed by atoms with E-state index in [1.165, 1.54) is 11.5 Å². The van der Waals surface area contributed by atoms with Gasteiger partial charge in [-0.3, -0.25) is 4.72 Å². The number of aromatic amines is 1. The van der Waals surface area contributed by atoms with E-state index in [4.69, 9.17) is 5.26 Å². The first-order valence-corrected chi connectivity index (χ1v) is 8.15. The first kappa shape index (κ1) is 13.8. The third-order valence-corrected chi connectivity index (χ3v) is 5.40. The maximum Gasteiger partial charge on any atom is 0.162 e. The number of aryl methyl sites for hydroxylation is 2. The van der Waals surface area contributed by atoms with Gasteiger partial charge in [0.1, 0.15) is 10.3 Å². The Balaban J connectivity index is 2.02. The van der Waals surface area contributed by atoms with E-state index in [0.717, 1.165) is 22.2 Å². The molecule has 0 aliphatic rings. The Bertz CT molecular complexity index is 888. The fraction of sp³-hybridized carbons (Fsp3) is 0.143. The van der Waals surface area contributed by atoms with Crippen LogP contribution in [0.4, 0.5) is 5.69 Å². The van der Waals surface area contributed by atoms with E-state index in [0.29, 0.717) is 15.5 Å². The van der Waals surface area contributed by atoms with Crippen molar-refractivity contribution in [1.82, 2.24) is 9.36 Å². The minimum absolute atomic E-state index is 0.588. The quantitative estimate of drug-likeness (QED) is 0.778. The van der Waals surface area contributed by atoms with Crippen LogP contribution in [0.5, 0.6) is 0 Å². The lowest BCUT2D eigenvalue weighted by Gasteiger charge is -2.07. The zero-order chi connectivity index (χ0) is 15.0. The van der Waals surface area contributed by atoms with Crippen molar-refractivity contribution in [2.24, 2.45) is 0 Å². The van der Waals surface area contributed by atoms with Gasteiger partial charge in [0.2, 0.25) is 0 Å². The average molecular weight is 316 g/mol. The molecule has 2 aromatic heterocycles. The maximum absolute atomic E-state index is 12.3. The molecular weight excluding hydrogens is 304 g/mol. The highest BCUT2D eigenvalue weighted by Crippen LogP contribution is 2.29. The van der Waals surface area contributed by atoms with Crippen molar-refractivity contribution >= 4 is 39.1 Å². The second kappa shape index (κ2) is 5.31. The number of aromatic nitrogens is 2. The van der Waals surface area contributed by atoms with E-state index in [1.54, 1.807) is 12.3 Å². The maximum atomic E-state index is 12.3. The van der Waals surface area contributed by atoms with Crippen LogP contribution < -0.4 is 4.72 Å². The summed E-state index contributed by atoms with van der Waals surface area (Å²) in [7, 11) is -1.37. The Kier molecular flexibility index (Phi) is 3.49.